The molecule has 2 aliphatic rings. The Kier molecular flexibility index (Phi) is 5.58. The molecule has 4 rings (SSSR count). The fourth-order valence-corrected chi connectivity index (χ4v) is 4.64. The van der Waals surface area contributed by atoms with Gasteiger partial charge in [-0.05, 0) is 73.6 Å². The SMILES string of the molecule is Cc1ccc(OCC(C)C)c(-c2cc(F)cc(C3CCC4(CCN(C)C4=O)N3)c2)c1. The van der Waals surface area contributed by atoms with Crippen LogP contribution in [0, 0.1) is 18.7 Å². The predicted octanol–water partition coefficient (Wildman–Crippen LogP) is 4.86. The molecule has 2 heterocycles. The van der Waals surface area contributed by atoms with Crippen molar-refractivity contribution >= 4 is 5.91 Å². The molecule has 1 amide bonds. The van der Waals surface area contributed by atoms with Gasteiger partial charge in [0.2, 0.25) is 5.91 Å². The molecule has 160 valence electrons. The Bertz CT molecular complexity index is 958. The third-order valence-corrected chi connectivity index (χ3v) is 6.28. The van der Waals surface area contributed by atoms with Crippen molar-refractivity contribution in [3.63, 3.8) is 0 Å². The van der Waals surface area contributed by atoms with Crippen molar-refractivity contribution in [1.82, 2.24) is 10.2 Å². The first kappa shape index (κ1) is 20.9. The Labute approximate surface area is 178 Å². The summed E-state index contributed by atoms with van der Waals surface area (Å²) in [6.07, 6.45) is 2.43. The van der Waals surface area contributed by atoms with E-state index < -0.39 is 5.54 Å². The highest BCUT2D eigenvalue weighted by Crippen LogP contribution is 2.41. The van der Waals surface area contributed by atoms with E-state index in [2.05, 4.69) is 19.2 Å². The topological polar surface area (TPSA) is 41.6 Å². The number of likely N-dealkylation sites (N-methyl/N-ethyl adjacent to an activating group) is 1. The third-order valence-electron chi connectivity index (χ3n) is 6.28. The zero-order valence-corrected chi connectivity index (χ0v) is 18.3. The lowest BCUT2D eigenvalue weighted by atomic mass is 9.95. The van der Waals surface area contributed by atoms with Gasteiger partial charge in [-0.3, -0.25) is 10.1 Å². The van der Waals surface area contributed by atoms with Crippen molar-refractivity contribution in [3.8, 4) is 16.9 Å². The Hall–Kier alpha value is -2.40. The molecule has 1 N–H and O–H groups in total. The van der Waals surface area contributed by atoms with Gasteiger partial charge in [0.15, 0.2) is 0 Å². The average molecular weight is 411 g/mol. The van der Waals surface area contributed by atoms with E-state index in [-0.39, 0.29) is 17.8 Å². The molecule has 2 fully saturated rings. The molecule has 2 aromatic carbocycles. The van der Waals surface area contributed by atoms with Crippen LogP contribution < -0.4 is 10.1 Å². The molecular formula is C25H31FN2O2. The maximum Gasteiger partial charge on any atom is 0.242 e. The molecule has 1 spiro atoms. The number of likely N-dealkylation sites (tertiary alicyclic amines) is 1. The molecule has 0 bridgehead atoms. The van der Waals surface area contributed by atoms with Gasteiger partial charge in [-0.2, -0.15) is 0 Å². The van der Waals surface area contributed by atoms with E-state index in [0.717, 1.165) is 53.8 Å². The van der Waals surface area contributed by atoms with Crippen LogP contribution in [-0.4, -0.2) is 36.5 Å². The number of carbonyl (C=O) groups excluding carboxylic acids is 1. The fraction of sp³-hybridized carbons (Fsp3) is 0.480. The molecular weight excluding hydrogens is 379 g/mol. The van der Waals surface area contributed by atoms with Crippen molar-refractivity contribution in [2.24, 2.45) is 5.92 Å². The van der Waals surface area contributed by atoms with Crippen LogP contribution in [0.25, 0.3) is 11.1 Å². The van der Waals surface area contributed by atoms with Gasteiger partial charge in [0.1, 0.15) is 17.1 Å². The number of halogens is 1. The highest BCUT2D eigenvalue weighted by molar-refractivity contribution is 5.88. The normalized spacial score (nSPS) is 23.7. The highest BCUT2D eigenvalue weighted by Gasteiger charge is 2.50. The number of hydrogen-bond donors (Lipinski definition) is 1. The number of rotatable bonds is 5. The number of nitrogens with one attached hydrogen (secondary N) is 1. The monoisotopic (exact) mass is 410 g/mol. The molecule has 0 saturated carbocycles. The Balaban J connectivity index is 1.65. The van der Waals surface area contributed by atoms with Gasteiger partial charge >= 0.3 is 0 Å². The molecule has 2 aromatic rings. The van der Waals surface area contributed by atoms with Crippen LogP contribution in [-0.2, 0) is 4.79 Å². The van der Waals surface area contributed by atoms with Crippen LogP contribution in [0.3, 0.4) is 0 Å². The summed E-state index contributed by atoms with van der Waals surface area (Å²) >= 11 is 0. The number of aryl methyl sites for hydroxylation is 1. The summed E-state index contributed by atoms with van der Waals surface area (Å²) in [5, 5.41) is 3.55. The lowest BCUT2D eigenvalue weighted by molar-refractivity contribution is -0.131. The van der Waals surface area contributed by atoms with Gasteiger partial charge in [0.05, 0.1) is 6.61 Å². The van der Waals surface area contributed by atoms with Crippen molar-refractivity contribution in [2.45, 2.75) is 51.6 Å². The van der Waals surface area contributed by atoms with E-state index in [9.17, 15) is 9.18 Å². The molecule has 2 atom stereocenters. The number of ether oxygens (including phenoxy) is 1. The van der Waals surface area contributed by atoms with Crippen LogP contribution in [0.4, 0.5) is 4.39 Å². The second-order valence-electron chi connectivity index (χ2n) is 9.27. The Morgan fingerprint density at radius 3 is 2.73 bits per heavy atom. The second-order valence-corrected chi connectivity index (χ2v) is 9.27. The molecule has 5 heteroatoms. The summed E-state index contributed by atoms with van der Waals surface area (Å²) in [7, 11) is 1.85. The van der Waals surface area contributed by atoms with Crippen molar-refractivity contribution in [2.75, 3.05) is 20.2 Å². The first-order chi connectivity index (χ1) is 14.3. The lowest BCUT2D eigenvalue weighted by Crippen LogP contribution is -2.47. The highest BCUT2D eigenvalue weighted by atomic mass is 19.1. The zero-order chi connectivity index (χ0) is 21.5. The van der Waals surface area contributed by atoms with Gasteiger partial charge in [-0.25, -0.2) is 4.39 Å². The van der Waals surface area contributed by atoms with E-state index in [4.69, 9.17) is 4.74 Å². The Morgan fingerprint density at radius 2 is 2.03 bits per heavy atom. The standard InChI is InChI=1S/C25H31FN2O2/c1-16(2)15-30-23-6-5-17(3)11-21(23)18-12-19(14-20(26)13-18)22-7-8-25(27-22)9-10-28(4)24(25)29/h5-6,11-14,16,22,27H,7-10,15H2,1-4H3. The number of benzene rings is 2. The average Bonchev–Trinajstić information content (AvgIpc) is 3.26. The smallest absolute Gasteiger partial charge is 0.242 e. The summed E-state index contributed by atoms with van der Waals surface area (Å²) in [6.45, 7) is 7.63. The second kappa shape index (κ2) is 8.03. The van der Waals surface area contributed by atoms with Gasteiger partial charge in [-0.1, -0.05) is 25.5 Å². The molecule has 30 heavy (non-hydrogen) atoms. The summed E-state index contributed by atoms with van der Waals surface area (Å²) in [5.41, 5.74) is 3.22. The van der Waals surface area contributed by atoms with Crippen LogP contribution in [0.1, 0.15) is 50.3 Å². The summed E-state index contributed by atoms with van der Waals surface area (Å²) in [4.78, 5) is 14.4. The summed E-state index contributed by atoms with van der Waals surface area (Å²) < 4.78 is 20.7. The quantitative estimate of drug-likeness (QED) is 0.765. The minimum absolute atomic E-state index is 0.0280. The van der Waals surface area contributed by atoms with Crippen LogP contribution in [0.2, 0.25) is 0 Å². The molecule has 0 aliphatic carbocycles. The minimum Gasteiger partial charge on any atom is -0.493 e. The largest absolute Gasteiger partial charge is 0.493 e. The van der Waals surface area contributed by atoms with Crippen molar-refractivity contribution in [3.05, 3.63) is 53.3 Å². The number of amides is 1. The summed E-state index contributed by atoms with van der Waals surface area (Å²) in [5.74, 6) is 1.07. The third kappa shape index (κ3) is 3.95. The van der Waals surface area contributed by atoms with Gasteiger partial charge in [0, 0.05) is 25.2 Å². The van der Waals surface area contributed by atoms with E-state index in [1.807, 2.05) is 38.2 Å². The molecule has 0 aromatic heterocycles. The van der Waals surface area contributed by atoms with E-state index in [1.165, 1.54) is 0 Å². The predicted molar refractivity (Wildman–Crippen MR) is 117 cm³/mol. The van der Waals surface area contributed by atoms with E-state index in [1.54, 1.807) is 17.0 Å². The maximum atomic E-state index is 14.7. The van der Waals surface area contributed by atoms with Gasteiger partial charge in [0.25, 0.3) is 0 Å². The molecule has 2 saturated heterocycles. The summed E-state index contributed by atoms with van der Waals surface area (Å²) in [6, 6.07) is 11.2. The molecule has 0 radical (unpaired) electrons. The molecule has 4 nitrogen and oxygen atoms in total. The number of hydrogen-bond acceptors (Lipinski definition) is 3. The van der Waals surface area contributed by atoms with Crippen molar-refractivity contribution < 1.29 is 13.9 Å². The van der Waals surface area contributed by atoms with Gasteiger partial charge in [-0.15, -0.1) is 0 Å². The number of carbonyl (C=O) groups is 1. The van der Waals surface area contributed by atoms with Crippen molar-refractivity contribution in [1.29, 1.82) is 0 Å². The maximum absolute atomic E-state index is 14.7. The first-order valence-corrected chi connectivity index (χ1v) is 10.8. The van der Waals surface area contributed by atoms with Crippen LogP contribution in [0.5, 0.6) is 5.75 Å². The number of nitrogens with zero attached hydrogens (tertiary/aromatic N) is 1. The minimum atomic E-state index is -0.485. The van der Waals surface area contributed by atoms with Gasteiger partial charge < -0.3 is 9.64 Å². The van der Waals surface area contributed by atoms with Crippen LogP contribution in [0.15, 0.2) is 36.4 Å². The zero-order valence-electron chi connectivity index (χ0n) is 18.3. The van der Waals surface area contributed by atoms with E-state index in [0.29, 0.717) is 12.5 Å². The lowest BCUT2D eigenvalue weighted by Gasteiger charge is -2.24. The molecule has 2 unspecified atom stereocenters. The Morgan fingerprint density at radius 1 is 1.23 bits per heavy atom. The first-order valence-electron chi connectivity index (χ1n) is 10.8. The van der Waals surface area contributed by atoms with E-state index >= 15 is 0 Å². The fourth-order valence-electron chi connectivity index (χ4n) is 4.64. The molecule has 2 aliphatic heterocycles. The van der Waals surface area contributed by atoms with Crippen LogP contribution >= 0.6 is 0 Å².